The summed E-state index contributed by atoms with van der Waals surface area (Å²) in [6.45, 7) is 7.38. The highest BCUT2D eigenvalue weighted by molar-refractivity contribution is 4.78. The quantitative estimate of drug-likeness (QED) is 0.603. The lowest BCUT2D eigenvalue weighted by Gasteiger charge is -2.22. The molecule has 0 aromatic carbocycles. The van der Waals surface area contributed by atoms with Crippen molar-refractivity contribution in [1.29, 1.82) is 5.26 Å². The molecule has 0 aliphatic heterocycles. The Morgan fingerprint density at radius 2 is 2.23 bits per heavy atom. The molecule has 0 saturated heterocycles. The first-order valence-electron chi connectivity index (χ1n) is 5.00. The molecule has 0 radical (unpaired) electrons. The normalized spacial score (nSPS) is 12.8. The highest BCUT2D eigenvalue weighted by Crippen LogP contribution is 1.99. The van der Waals surface area contributed by atoms with Crippen molar-refractivity contribution in [3.63, 3.8) is 0 Å². The van der Waals surface area contributed by atoms with E-state index in [-0.39, 0.29) is 0 Å². The largest absolute Gasteiger partial charge is 0.317 e. The van der Waals surface area contributed by atoms with Gasteiger partial charge in [0.25, 0.3) is 0 Å². The second kappa shape index (κ2) is 8.03. The smallest absolute Gasteiger partial charge is 0.0638 e. The molecular formula is C10H21N3. The minimum absolute atomic E-state index is 0.381. The molecule has 0 saturated carbocycles. The Morgan fingerprint density at radius 1 is 1.54 bits per heavy atom. The van der Waals surface area contributed by atoms with Crippen LogP contribution < -0.4 is 5.32 Å². The Kier molecular flexibility index (Phi) is 7.66. The maximum absolute atomic E-state index is 8.51. The Labute approximate surface area is 81.7 Å². The maximum atomic E-state index is 8.51. The molecule has 3 heteroatoms. The summed E-state index contributed by atoms with van der Waals surface area (Å²) in [5.74, 6) is 0. The fraction of sp³-hybridized carbons (Fsp3) is 0.900. The standard InChI is InChI=1S/C10H21N3/c1-4-12-8-5-9-13(3)10(2)6-7-11/h10,12H,4-6,8-9H2,1-3H3. The van der Waals surface area contributed by atoms with Gasteiger partial charge in [-0.2, -0.15) is 5.26 Å². The van der Waals surface area contributed by atoms with Gasteiger partial charge in [-0.15, -0.1) is 0 Å². The van der Waals surface area contributed by atoms with Gasteiger partial charge in [-0.25, -0.2) is 0 Å². The van der Waals surface area contributed by atoms with E-state index in [0.29, 0.717) is 12.5 Å². The van der Waals surface area contributed by atoms with Crippen molar-refractivity contribution in [3.8, 4) is 6.07 Å². The van der Waals surface area contributed by atoms with Gasteiger partial charge in [-0.05, 0) is 40.0 Å². The van der Waals surface area contributed by atoms with Gasteiger partial charge < -0.3 is 10.2 Å². The van der Waals surface area contributed by atoms with Gasteiger partial charge in [0, 0.05) is 6.04 Å². The van der Waals surface area contributed by atoms with E-state index in [1.807, 2.05) is 0 Å². The molecule has 0 heterocycles. The van der Waals surface area contributed by atoms with Gasteiger partial charge in [0.05, 0.1) is 12.5 Å². The number of nitriles is 1. The van der Waals surface area contributed by atoms with Gasteiger partial charge in [0.1, 0.15) is 0 Å². The summed E-state index contributed by atoms with van der Waals surface area (Å²) in [5.41, 5.74) is 0. The van der Waals surface area contributed by atoms with Gasteiger partial charge in [-0.3, -0.25) is 0 Å². The second-order valence-electron chi connectivity index (χ2n) is 3.40. The second-order valence-corrected chi connectivity index (χ2v) is 3.40. The zero-order valence-corrected chi connectivity index (χ0v) is 9.01. The molecule has 1 unspecified atom stereocenters. The van der Waals surface area contributed by atoms with Crippen molar-refractivity contribution in [2.45, 2.75) is 32.7 Å². The minimum Gasteiger partial charge on any atom is -0.317 e. The molecule has 0 aliphatic carbocycles. The first-order valence-corrected chi connectivity index (χ1v) is 5.00. The first-order chi connectivity index (χ1) is 6.22. The molecule has 76 valence electrons. The van der Waals surface area contributed by atoms with Crippen molar-refractivity contribution in [2.24, 2.45) is 0 Å². The Hall–Kier alpha value is -0.590. The van der Waals surface area contributed by atoms with Gasteiger partial charge in [-0.1, -0.05) is 6.92 Å². The zero-order valence-electron chi connectivity index (χ0n) is 9.01. The Bertz CT molecular complexity index is 151. The third-order valence-electron chi connectivity index (χ3n) is 2.25. The summed E-state index contributed by atoms with van der Waals surface area (Å²) in [6.07, 6.45) is 1.78. The van der Waals surface area contributed by atoms with E-state index in [2.05, 4.69) is 37.2 Å². The molecule has 0 aromatic rings. The number of hydrogen-bond acceptors (Lipinski definition) is 3. The molecular weight excluding hydrogens is 162 g/mol. The van der Waals surface area contributed by atoms with Crippen molar-refractivity contribution in [3.05, 3.63) is 0 Å². The fourth-order valence-corrected chi connectivity index (χ4v) is 1.14. The van der Waals surface area contributed by atoms with Crippen LogP contribution in [0.2, 0.25) is 0 Å². The predicted molar refractivity (Wildman–Crippen MR) is 55.5 cm³/mol. The van der Waals surface area contributed by atoms with E-state index in [0.717, 1.165) is 26.1 Å². The van der Waals surface area contributed by atoms with E-state index in [1.165, 1.54) is 0 Å². The van der Waals surface area contributed by atoms with E-state index in [9.17, 15) is 0 Å². The number of nitrogens with zero attached hydrogens (tertiary/aromatic N) is 2. The highest BCUT2D eigenvalue weighted by atomic mass is 15.1. The van der Waals surface area contributed by atoms with Crippen LogP contribution in [-0.4, -0.2) is 37.6 Å². The van der Waals surface area contributed by atoms with Crippen molar-refractivity contribution >= 4 is 0 Å². The van der Waals surface area contributed by atoms with Gasteiger partial charge in [0.15, 0.2) is 0 Å². The predicted octanol–water partition coefficient (Wildman–Crippen LogP) is 1.22. The number of rotatable bonds is 7. The average Bonchev–Trinajstić information content (AvgIpc) is 2.12. The zero-order chi connectivity index (χ0) is 10.1. The van der Waals surface area contributed by atoms with Gasteiger partial charge in [0.2, 0.25) is 0 Å². The number of hydrogen-bond donors (Lipinski definition) is 1. The fourth-order valence-electron chi connectivity index (χ4n) is 1.14. The molecule has 1 atom stereocenters. The lowest BCUT2D eigenvalue weighted by Crippen LogP contribution is -2.31. The first kappa shape index (κ1) is 12.4. The number of nitrogens with one attached hydrogen (secondary N) is 1. The Morgan fingerprint density at radius 3 is 2.77 bits per heavy atom. The van der Waals surface area contributed by atoms with Crippen LogP contribution in [0.5, 0.6) is 0 Å². The van der Waals surface area contributed by atoms with Crippen LogP contribution in [0.25, 0.3) is 0 Å². The monoisotopic (exact) mass is 183 g/mol. The van der Waals surface area contributed by atoms with Crippen LogP contribution in [0.15, 0.2) is 0 Å². The Balaban J connectivity index is 3.39. The third kappa shape index (κ3) is 6.56. The van der Waals surface area contributed by atoms with Crippen molar-refractivity contribution in [2.75, 3.05) is 26.7 Å². The maximum Gasteiger partial charge on any atom is 0.0638 e. The lowest BCUT2D eigenvalue weighted by molar-refractivity contribution is 0.257. The van der Waals surface area contributed by atoms with Crippen molar-refractivity contribution < 1.29 is 0 Å². The van der Waals surface area contributed by atoms with E-state index in [4.69, 9.17) is 5.26 Å². The summed E-state index contributed by atoms with van der Waals surface area (Å²) >= 11 is 0. The molecule has 0 fully saturated rings. The van der Waals surface area contributed by atoms with Crippen LogP contribution in [0, 0.1) is 11.3 Å². The summed E-state index contributed by atoms with van der Waals surface area (Å²) in [4.78, 5) is 2.24. The van der Waals surface area contributed by atoms with E-state index in [1.54, 1.807) is 0 Å². The molecule has 0 spiro atoms. The minimum atomic E-state index is 0.381. The van der Waals surface area contributed by atoms with Crippen LogP contribution in [0.1, 0.15) is 26.7 Å². The summed E-state index contributed by atoms with van der Waals surface area (Å²) in [7, 11) is 2.08. The molecule has 0 aromatic heterocycles. The summed E-state index contributed by atoms with van der Waals surface area (Å²) in [5, 5.41) is 11.8. The third-order valence-corrected chi connectivity index (χ3v) is 2.25. The SMILES string of the molecule is CCNCCCN(C)C(C)CC#N. The van der Waals surface area contributed by atoms with Crippen molar-refractivity contribution in [1.82, 2.24) is 10.2 Å². The molecule has 0 rings (SSSR count). The van der Waals surface area contributed by atoms with Crippen LogP contribution in [-0.2, 0) is 0 Å². The molecule has 0 bridgehead atoms. The van der Waals surface area contributed by atoms with Crippen LogP contribution in [0.3, 0.4) is 0 Å². The molecule has 13 heavy (non-hydrogen) atoms. The molecule has 0 aliphatic rings. The summed E-state index contributed by atoms with van der Waals surface area (Å²) in [6, 6.07) is 2.57. The van der Waals surface area contributed by atoms with Crippen LogP contribution in [0.4, 0.5) is 0 Å². The highest BCUT2D eigenvalue weighted by Gasteiger charge is 2.06. The molecule has 1 N–H and O–H groups in total. The van der Waals surface area contributed by atoms with E-state index < -0.39 is 0 Å². The summed E-state index contributed by atoms with van der Waals surface area (Å²) < 4.78 is 0. The lowest BCUT2D eigenvalue weighted by atomic mass is 10.2. The molecule has 0 amide bonds. The van der Waals surface area contributed by atoms with Crippen LogP contribution >= 0.6 is 0 Å². The van der Waals surface area contributed by atoms with E-state index >= 15 is 0 Å². The average molecular weight is 183 g/mol. The van der Waals surface area contributed by atoms with Gasteiger partial charge >= 0.3 is 0 Å². The molecule has 3 nitrogen and oxygen atoms in total. The topological polar surface area (TPSA) is 39.1 Å².